The summed E-state index contributed by atoms with van der Waals surface area (Å²) in [6, 6.07) is 0. The molecule has 0 N–H and O–H groups in total. The van der Waals surface area contributed by atoms with Gasteiger partial charge in [0.1, 0.15) is 10.0 Å². The monoisotopic (exact) mass is 398 g/mol. The van der Waals surface area contributed by atoms with Crippen LogP contribution in [0.3, 0.4) is 0 Å². The maximum absolute atomic E-state index is 11.4. The molecule has 0 fully saturated rings. The molecule has 0 aliphatic rings. The van der Waals surface area contributed by atoms with E-state index in [0.717, 1.165) is 19.7 Å². The van der Waals surface area contributed by atoms with Gasteiger partial charge < -0.3 is 9.47 Å². The van der Waals surface area contributed by atoms with Crippen LogP contribution in [-0.2, 0) is 29.9 Å². The summed E-state index contributed by atoms with van der Waals surface area (Å²) in [5.74, 6) is -0.409. The second-order valence-electron chi connectivity index (χ2n) is 7.57. The Hall–Kier alpha value is -1.54. The molecule has 26 heavy (non-hydrogen) atoms. The third-order valence-electron chi connectivity index (χ3n) is 4.50. The van der Waals surface area contributed by atoms with Gasteiger partial charge in [0.15, 0.2) is 9.66 Å². The number of aromatic nitrogens is 2. The van der Waals surface area contributed by atoms with Crippen LogP contribution in [0, 0.1) is 0 Å². The van der Waals surface area contributed by atoms with Crippen molar-refractivity contribution in [3.05, 3.63) is 10.0 Å². The van der Waals surface area contributed by atoms with Crippen LogP contribution in [0.4, 0.5) is 0 Å². The Bertz CT molecular complexity index is 699. The summed E-state index contributed by atoms with van der Waals surface area (Å²) >= 11 is 3.15. The average molecular weight is 399 g/mol. The van der Waals surface area contributed by atoms with Crippen molar-refractivity contribution < 1.29 is 19.1 Å². The molecular formula is C18H26N2O4S2. The van der Waals surface area contributed by atoms with Crippen molar-refractivity contribution in [2.24, 2.45) is 0 Å². The number of rotatable bonds is 8. The van der Waals surface area contributed by atoms with Gasteiger partial charge >= 0.3 is 11.9 Å². The number of carbonyl (C=O) groups excluding carboxylic acids is 2. The number of hydrogen-bond acceptors (Lipinski definition) is 8. The van der Waals surface area contributed by atoms with Crippen LogP contribution in [-0.4, -0.2) is 36.1 Å². The maximum atomic E-state index is 11.4. The van der Waals surface area contributed by atoms with Crippen molar-refractivity contribution in [1.82, 2.24) is 9.97 Å². The van der Waals surface area contributed by atoms with E-state index in [0.29, 0.717) is 25.7 Å². The van der Waals surface area contributed by atoms with E-state index >= 15 is 0 Å². The first-order valence-corrected chi connectivity index (χ1v) is 10.1. The normalized spacial score (nSPS) is 12.4. The molecule has 0 amide bonds. The van der Waals surface area contributed by atoms with E-state index in [2.05, 4.69) is 27.7 Å². The lowest BCUT2D eigenvalue weighted by molar-refractivity contribution is -0.141. The van der Waals surface area contributed by atoms with Gasteiger partial charge in [0, 0.05) is 23.7 Å². The average Bonchev–Trinajstić information content (AvgIpc) is 3.17. The Labute approximate surface area is 161 Å². The van der Waals surface area contributed by atoms with Crippen molar-refractivity contribution in [2.75, 3.05) is 14.2 Å². The van der Waals surface area contributed by atoms with Gasteiger partial charge in [-0.15, -0.1) is 0 Å². The van der Waals surface area contributed by atoms with Crippen molar-refractivity contribution in [2.45, 2.75) is 64.2 Å². The molecule has 144 valence electrons. The quantitative estimate of drug-likeness (QED) is 0.620. The highest BCUT2D eigenvalue weighted by atomic mass is 32.1. The topological polar surface area (TPSA) is 78.4 Å². The molecule has 0 aliphatic heterocycles. The van der Waals surface area contributed by atoms with Crippen LogP contribution in [0.15, 0.2) is 0 Å². The molecule has 2 aromatic heterocycles. The Balaban J connectivity index is 2.15. The number of carbonyl (C=O) groups is 2. The third-order valence-corrected chi connectivity index (χ3v) is 7.26. The van der Waals surface area contributed by atoms with E-state index in [1.165, 1.54) is 14.2 Å². The summed E-state index contributed by atoms with van der Waals surface area (Å²) in [5.41, 5.74) is -0.417. The predicted molar refractivity (Wildman–Crippen MR) is 104 cm³/mol. The molecule has 0 unspecified atom stereocenters. The Morgan fingerprint density at radius 3 is 1.46 bits per heavy atom. The number of fused-ring (bicyclic) bond motifs is 1. The third kappa shape index (κ3) is 4.79. The SMILES string of the molecule is COC(=O)CCC(C)(C)c1nc2sc(C(C)(C)CCC(=O)OC)nc2s1. The van der Waals surface area contributed by atoms with Gasteiger partial charge in [0.05, 0.1) is 14.2 Å². The van der Waals surface area contributed by atoms with E-state index < -0.39 is 0 Å². The number of ether oxygens (including phenoxy) is 2. The molecule has 0 atom stereocenters. The van der Waals surface area contributed by atoms with E-state index in [1.807, 2.05) is 0 Å². The Morgan fingerprint density at radius 1 is 0.808 bits per heavy atom. The smallest absolute Gasteiger partial charge is 0.305 e. The highest BCUT2D eigenvalue weighted by Crippen LogP contribution is 2.40. The summed E-state index contributed by atoms with van der Waals surface area (Å²) in [6.07, 6.45) is 2.10. The molecule has 2 heterocycles. The van der Waals surface area contributed by atoms with Crippen molar-refractivity contribution in [3.63, 3.8) is 0 Å². The minimum Gasteiger partial charge on any atom is -0.469 e. The second kappa shape index (κ2) is 8.00. The zero-order valence-electron chi connectivity index (χ0n) is 16.2. The van der Waals surface area contributed by atoms with Gasteiger partial charge in [-0.3, -0.25) is 9.59 Å². The van der Waals surface area contributed by atoms with Crippen LogP contribution < -0.4 is 0 Å². The summed E-state index contributed by atoms with van der Waals surface area (Å²) in [6.45, 7) is 8.33. The lowest BCUT2D eigenvalue weighted by Crippen LogP contribution is -2.19. The van der Waals surface area contributed by atoms with Gasteiger partial charge in [-0.2, -0.15) is 0 Å². The number of esters is 2. The van der Waals surface area contributed by atoms with Gasteiger partial charge in [0.2, 0.25) is 0 Å². The first kappa shape index (κ1) is 20.8. The molecule has 0 spiro atoms. The molecule has 0 bridgehead atoms. The first-order valence-electron chi connectivity index (χ1n) is 8.51. The molecule has 0 aromatic carbocycles. The van der Waals surface area contributed by atoms with Crippen LogP contribution >= 0.6 is 22.7 Å². The fourth-order valence-corrected chi connectivity index (χ4v) is 4.77. The molecule has 2 aromatic rings. The van der Waals surface area contributed by atoms with Gasteiger partial charge in [-0.05, 0) is 12.8 Å². The number of thiazole rings is 2. The van der Waals surface area contributed by atoms with Crippen LogP contribution in [0.25, 0.3) is 9.66 Å². The highest BCUT2D eigenvalue weighted by molar-refractivity contribution is 7.26. The second-order valence-corrected chi connectivity index (χ2v) is 9.52. The summed E-state index contributed by atoms with van der Waals surface area (Å²) in [7, 11) is 2.81. The van der Waals surface area contributed by atoms with E-state index in [-0.39, 0.29) is 22.8 Å². The Kier molecular flexibility index (Phi) is 6.39. The van der Waals surface area contributed by atoms with Crippen molar-refractivity contribution >= 4 is 44.3 Å². The molecule has 0 radical (unpaired) electrons. The lowest BCUT2D eigenvalue weighted by atomic mass is 9.88. The van der Waals surface area contributed by atoms with Gasteiger partial charge in [-0.25, -0.2) is 9.97 Å². The molecule has 8 heteroatoms. The van der Waals surface area contributed by atoms with E-state index in [1.54, 1.807) is 22.7 Å². The maximum Gasteiger partial charge on any atom is 0.305 e. The molecule has 6 nitrogen and oxygen atoms in total. The van der Waals surface area contributed by atoms with Crippen LogP contribution in [0.5, 0.6) is 0 Å². The minimum atomic E-state index is -0.208. The fourth-order valence-electron chi connectivity index (χ4n) is 2.47. The van der Waals surface area contributed by atoms with Gasteiger partial charge in [0.25, 0.3) is 0 Å². The number of nitrogens with zero attached hydrogens (tertiary/aromatic N) is 2. The predicted octanol–water partition coefficient (Wildman–Crippen LogP) is 4.21. The molecule has 0 saturated heterocycles. The van der Waals surface area contributed by atoms with Crippen LogP contribution in [0.2, 0.25) is 0 Å². The van der Waals surface area contributed by atoms with E-state index in [4.69, 9.17) is 19.4 Å². The highest BCUT2D eigenvalue weighted by Gasteiger charge is 2.30. The zero-order valence-corrected chi connectivity index (χ0v) is 17.8. The standard InChI is InChI=1S/C18H26N2O4S2/c1-17(2,9-7-11(21)23-5)15-19-13-14(25-15)20-16(26-13)18(3,4)10-8-12(22)24-6/h7-10H2,1-6H3. The largest absolute Gasteiger partial charge is 0.469 e. The molecular weight excluding hydrogens is 372 g/mol. The first-order chi connectivity index (χ1) is 12.1. The zero-order chi connectivity index (χ0) is 19.5. The van der Waals surface area contributed by atoms with Crippen molar-refractivity contribution in [3.8, 4) is 0 Å². The Morgan fingerprint density at radius 2 is 1.15 bits per heavy atom. The summed E-state index contributed by atoms with van der Waals surface area (Å²) < 4.78 is 9.45. The van der Waals surface area contributed by atoms with E-state index in [9.17, 15) is 9.59 Å². The van der Waals surface area contributed by atoms with Crippen molar-refractivity contribution in [1.29, 1.82) is 0 Å². The fraction of sp³-hybridized carbons (Fsp3) is 0.667. The van der Waals surface area contributed by atoms with Crippen LogP contribution in [0.1, 0.15) is 63.4 Å². The number of methoxy groups -OCH3 is 2. The minimum absolute atomic E-state index is 0.204. The molecule has 0 aliphatic carbocycles. The molecule has 0 saturated carbocycles. The summed E-state index contributed by atoms with van der Waals surface area (Å²) in [4.78, 5) is 34.2. The summed E-state index contributed by atoms with van der Waals surface area (Å²) in [5, 5.41) is 1.96. The lowest BCUT2D eigenvalue weighted by Gasteiger charge is -2.21. The van der Waals surface area contributed by atoms with Gasteiger partial charge in [-0.1, -0.05) is 50.4 Å². The number of hydrogen-bond donors (Lipinski definition) is 0. The molecule has 2 rings (SSSR count).